The lowest BCUT2D eigenvalue weighted by atomic mass is 9.72. The molecule has 2 fully saturated rings. The molecule has 0 spiro atoms. The molecule has 19 heavy (non-hydrogen) atoms. The molecule has 1 aliphatic carbocycles. The fraction of sp³-hybridized carbons (Fsp3) is 0.562. The van der Waals surface area contributed by atoms with E-state index in [0.717, 1.165) is 49.9 Å². The minimum absolute atomic E-state index is 0.0843. The van der Waals surface area contributed by atoms with Crippen LogP contribution in [-0.2, 0) is 11.3 Å². The molecule has 0 bridgehead atoms. The maximum atomic E-state index is 14.1. The summed E-state index contributed by atoms with van der Waals surface area (Å²) in [5.41, 5.74) is 1.86. The molecule has 0 radical (unpaired) electrons. The Labute approximate surface area is 113 Å². The van der Waals surface area contributed by atoms with E-state index in [4.69, 9.17) is 0 Å². The number of hydrogen-bond donors (Lipinski definition) is 0. The fourth-order valence-corrected chi connectivity index (χ4v) is 3.17. The van der Waals surface area contributed by atoms with Gasteiger partial charge in [0.2, 0.25) is 0 Å². The molecule has 1 aromatic carbocycles. The highest BCUT2D eigenvalue weighted by Crippen LogP contribution is 2.40. The van der Waals surface area contributed by atoms with Gasteiger partial charge in [0.15, 0.2) is 0 Å². The van der Waals surface area contributed by atoms with Crippen molar-refractivity contribution in [1.82, 2.24) is 4.90 Å². The van der Waals surface area contributed by atoms with Crippen molar-refractivity contribution in [2.75, 3.05) is 13.1 Å². The molecule has 0 unspecified atom stereocenters. The fourth-order valence-electron chi connectivity index (χ4n) is 3.17. The lowest BCUT2D eigenvalue weighted by Gasteiger charge is -2.32. The first kappa shape index (κ1) is 12.8. The Bertz CT molecular complexity index is 462. The predicted octanol–water partition coefficient (Wildman–Crippen LogP) is 3.11. The van der Waals surface area contributed by atoms with E-state index in [-0.39, 0.29) is 11.7 Å². The smallest absolute Gasteiger partial charge is 0.127 e. The van der Waals surface area contributed by atoms with Gasteiger partial charge in [0, 0.05) is 18.0 Å². The van der Waals surface area contributed by atoms with Crippen molar-refractivity contribution in [3.8, 4) is 0 Å². The first-order valence-electron chi connectivity index (χ1n) is 7.22. The summed E-state index contributed by atoms with van der Waals surface area (Å²) in [6.07, 6.45) is 5.25. The number of carbonyl (C=O) groups is 1. The number of halogens is 1. The Morgan fingerprint density at radius 2 is 2.00 bits per heavy atom. The molecule has 0 atom stereocenters. The molecule has 1 heterocycles. The van der Waals surface area contributed by atoms with Gasteiger partial charge in [0.1, 0.15) is 12.1 Å². The highest BCUT2D eigenvalue weighted by atomic mass is 19.1. The molecule has 1 saturated carbocycles. The highest BCUT2D eigenvalue weighted by Gasteiger charge is 2.30. The van der Waals surface area contributed by atoms with Crippen LogP contribution in [0.4, 0.5) is 4.39 Å². The zero-order chi connectivity index (χ0) is 13.2. The van der Waals surface area contributed by atoms with Gasteiger partial charge in [-0.3, -0.25) is 4.90 Å². The van der Waals surface area contributed by atoms with E-state index in [9.17, 15) is 9.18 Å². The largest absolute Gasteiger partial charge is 0.303 e. The first-order chi connectivity index (χ1) is 9.26. The number of rotatable bonds is 4. The van der Waals surface area contributed by atoms with Crippen LogP contribution in [0.25, 0.3) is 0 Å². The van der Waals surface area contributed by atoms with E-state index in [1.54, 1.807) is 6.07 Å². The molecule has 2 nitrogen and oxygen atoms in total. The zero-order valence-corrected chi connectivity index (χ0v) is 11.1. The van der Waals surface area contributed by atoms with E-state index in [2.05, 4.69) is 4.90 Å². The van der Waals surface area contributed by atoms with Gasteiger partial charge in [-0.1, -0.05) is 12.1 Å². The van der Waals surface area contributed by atoms with E-state index < -0.39 is 0 Å². The van der Waals surface area contributed by atoms with Crippen LogP contribution in [0, 0.1) is 11.7 Å². The number of hydrogen-bond acceptors (Lipinski definition) is 2. The Balaban J connectivity index is 1.66. The van der Waals surface area contributed by atoms with Crippen LogP contribution in [0.1, 0.15) is 42.7 Å². The summed E-state index contributed by atoms with van der Waals surface area (Å²) < 4.78 is 14.1. The third-order valence-electron chi connectivity index (χ3n) is 4.51. The monoisotopic (exact) mass is 261 g/mol. The summed E-state index contributed by atoms with van der Waals surface area (Å²) in [6.45, 7) is 2.91. The highest BCUT2D eigenvalue weighted by molar-refractivity contribution is 5.56. The summed E-state index contributed by atoms with van der Waals surface area (Å²) in [6, 6.07) is 5.65. The zero-order valence-electron chi connectivity index (χ0n) is 11.1. The van der Waals surface area contributed by atoms with Gasteiger partial charge in [-0.2, -0.15) is 0 Å². The third-order valence-corrected chi connectivity index (χ3v) is 4.51. The predicted molar refractivity (Wildman–Crippen MR) is 72.4 cm³/mol. The minimum Gasteiger partial charge on any atom is -0.303 e. The van der Waals surface area contributed by atoms with Gasteiger partial charge < -0.3 is 4.79 Å². The maximum Gasteiger partial charge on any atom is 0.127 e. The Morgan fingerprint density at radius 3 is 2.63 bits per heavy atom. The average Bonchev–Trinajstić information content (AvgIpc) is 2.84. The van der Waals surface area contributed by atoms with E-state index in [1.807, 2.05) is 12.1 Å². The van der Waals surface area contributed by atoms with Gasteiger partial charge >= 0.3 is 0 Å². The van der Waals surface area contributed by atoms with E-state index in [1.165, 1.54) is 12.8 Å². The van der Waals surface area contributed by atoms with Crippen molar-refractivity contribution in [2.45, 2.75) is 38.1 Å². The van der Waals surface area contributed by atoms with Crippen LogP contribution in [0.3, 0.4) is 0 Å². The second-order valence-electron chi connectivity index (χ2n) is 5.90. The van der Waals surface area contributed by atoms with Crippen molar-refractivity contribution in [2.24, 2.45) is 5.92 Å². The molecule has 0 aromatic heterocycles. The molecule has 0 amide bonds. The number of aldehydes is 1. The van der Waals surface area contributed by atoms with Crippen LogP contribution in [0.2, 0.25) is 0 Å². The molecule has 3 rings (SSSR count). The molecular formula is C16H20FNO. The standard InChI is InChI=1S/C16H20FNO/c17-16-9-13(15-7-12(8-15)11-19)3-4-14(16)10-18-5-1-2-6-18/h3-4,9,11-12,15H,1-2,5-8,10H2. The van der Waals surface area contributed by atoms with Gasteiger partial charge in [0.25, 0.3) is 0 Å². The number of carbonyl (C=O) groups excluding carboxylic acids is 1. The minimum atomic E-state index is -0.0843. The summed E-state index contributed by atoms with van der Waals surface area (Å²) in [5.74, 6) is 0.488. The number of likely N-dealkylation sites (tertiary alicyclic amines) is 1. The van der Waals surface area contributed by atoms with Crippen LogP contribution in [0.5, 0.6) is 0 Å². The topological polar surface area (TPSA) is 20.3 Å². The Kier molecular flexibility index (Phi) is 3.65. The third kappa shape index (κ3) is 2.71. The van der Waals surface area contributed by atoms with Crippen LogP contribution in [-0.4, -0.2) is 24.3 Å². The van der Waals surface area contributed by atoms with Crippen molar-refractivity contribution >= 4 is 6.29 Å². The second-order valence-corrected chi connectivity index (χ2v) is 5.90. The van der Waals surface area contributed by atoms with Crippen molar-refractivity contribution in [3.63, 3.8) is 0 Å². The quantitative estimate of drug-likeness (QED) is 0.776. The van der Waals surface area contributed by atoms with E-state index >= 15 is 0 Å². The lowest BCUT2D eigenvalue weighted by Crippen LogP contribution is -2.23. The number of benzene rings is 1. The Morgan fingerprint density at radius 1 is 1.26 bits per heavy atom. The van der Waals surface area contributed by atoms with Crippen molar-refractivity contribution < 1.29 is 9.18 Å². The summed E-state index contributed by atoms with van der Waals surface area (Å²) in [4.78, 5) is 12.9. The van der Waals surface area contributed by atoms with Crippen LogP contribution in [0.15, 0.2) is 18.2 Å². The molecular weight excluding hydrogens is 241 g/mol. The SMILES string of the molecule is O=CC1CC(c2ccc(CN3CCCC3)c(F)c2)C1. The van der Waals surface area contributed by atoms with Crippen molar-refractivity contribution in [3.05, 3.63) is 35.1 Å². The maximum absolute atomic E-state index is 14.1. The van der Waals surface area contributed by atoms with Gasteiger partial charge in [0.05, 0.1) is 0 Å². The normalized spacial score (nSPS) is 27.2. The average molecular weight is 261 g/mol. The lowest BCUT2D eigenvalue weighted by molar-refractivity contribution is -0.113. The molecule has 1 saturated heterocycles. The second kappa shape index (κ2) is 5.41. The molecule has 3 heteroatoms. The van der Waals surface area contributed by atoms with Crippen LogP contribution >= 0.6 is 0 Å². The van der Waals surface area contributed by atoms with E-state index in [0.29, 0.717) is 5.92 Å². The van der Waals surface area contributed by atoms with Crippen molar-refractivity contribution in [1.29, 1.82) is 0 Å². The van der Waals surface area contributed by atoms with Gasteiger partial charge in [-0.25, -0.2) is 4.39 Å². The summed E-state index contributed by atoms with van der Waals surface area (Å²) in [7, 11) is 0. The van der Waals surface area contributed by atoms with Gasteiger partial charge in [-0.05, 0) is 56.3 Å². The Hall–Kier alpha value is -1.22. The molecule has 2 aliphatic rings. The molecule has 1 aromatic rings. The number of nitrogens with zero attached hydrogens (tertiary/aromatic N) is 1. The molecule has 0 N–H and O–H groups in total. The van der Waals surface area contributed by atoms with Crippen LogP contribution < -0.4 is 0 Å². The summed E-state index contributed by atoms with van der Waals surface area (Å²) in [5, 5.41) is 0. The first-order valence-corrected chi connectivity index (χ1v) is 7.22. The molecule has 1 aliphatic heterocycles. The summed E-state index contributed by atoms with van der Waals surface area (Å²) >= 11 is 0. The van der Waals surface area contributed by atoms with Gasteiger partial charge in [-0.15, -0.1) is 0 Å². The molecule has 102 valence electrons.